The van der Waals surface area contributed by atoms with Crippen LogP contribution in [0.25, 0.3) is 11.3 Å². The number of ether oxygens (including phenoxy) is 1. The lowest BCUT2D eigenvalue weighted by Gasteiger charge is -2.10. The first-order valence-corrected chi connectivity index (χ1v) is 7.30. The molecule has 4 heteroatoms. The van der Waals surface area contributed by atoms with E-state index in [1.165, 1.54) is 0 Å². The van der Waals surface area contributed by atoms with Crippen LogP contribution >= 0.6 is 0 Å². The maximum atomic E-state index is 6.13. The summed E-state index contributed by atoms with van der Waals surface area (Å²) in [5, 5.41) is 0. The number of imidazole rings is 1. The number of benzene rings is 2. The molecule has 22 heavy (non-hydrogen) atoms. The Hall–Kier alpha value is -2.43. The molecule has 2 aromatic carbocycles. The van der Waals surface area contributed by atoms with E-state index in [1.807, 2.05) is 66.9 Å². The quantitative estimate of drug-likeness (QED) is 0.733. The van der Waals surface area contributed by atoms with Crippen LogP contribution in [0, 0.1) is 0 Å². The van der Waals surface area contributed by atoms with Gasteiger partial charge in [-0.05, 0) is 11.1 Å². The lowest BCUT2D eigenvalue weighted by atomic mass is 10.2. The highest BCUT2D eigenvalue weighted by molar-refractivity contribution is 5.58. The molecule has 3 rings (SSSR count). The maximum Gasteiger partial charge on any atom is 0.125 e. The zero-order valence-electron chi connectivity index (χ0n) is 12.3. The summed E-state index contributed by atoms with van der Waals surface area (Å²) in [6, 6.07) is 19.8. The van der Waals surface area contributed by atoms with E-state index in [-0.39, 0.29) is 6.04 Å². The third kappa shape index (κ3) is 3.61. The number of nitrogens with zero attached hydrogens (tertiary/aromatic N) is 1. The molecule has 0 bridgehead atoms. The van der Waals surface area contributed by atoms with Gasteiger partial charge in [0.15, 0.2) is 0 Å². The summed E-state index contributed by atoms with van der Waals surface area (Å²) < 4.78 is 5.67. The Morgan fingerprint density at radius 3 is 2.41 bits per heavy atom. The first-order valence-electron chi connectivity index (χ1n) is 7.30. The molecule has 1 heterocycles. The van der Waals surface area contributed by atoms with E-state index in [0.717, 1.165) is 22.6 Å². The van der Waals surface area contributed by atoms with Gasteiger partial charge in [-0.3, -0.25) is 0 Å². The molecular formula is C18H19N3O. The number of nitrogens with one attached hydrogen (secondary N) is 1. The second-order valence-corrected chi connectivity index (χ2v) is 5.16. The number of nitrogens with two attached hydrogens (primary N) is 1. The van der Waals surface area contributed by atoms with Gasteiger partial charge in [-0.1, -0.05) is 60.7 Å². The summed E-state index contributed by atoms with van der Waals surface area (Å²) in [5.74, 6) is 0.743. The normalized spacial score (nSPS) is 12.2. The van der Waals surface area contributed by atoms with Gasteiger partial charge < -0.3 is 15.5 Å². The van der Waals surface area contributed by atoms with E-state index in [9.17, 15) is 0 Å². The molecule has 3 N–H and O–H groups in total. The van der Waals surface area contributed by atoms with E-state index >= 15 is 0 Å². The van der Waals surface area contributed by atoms with Crippen molar-refractivity contribution in [2.75, 3.05) is 6.61 Å². The standard InChI is InChI=1S/C18H19N3O/c19-16(13-22-12-14-7-3-1-4-8-14)18-20-11-17(21-18)15-9-5-2-6-10-15/h1-11,16H,12-13,19H2,(H,20,21)/t16-/m0/s1. The topological polar surface area (TPSA) is 63.9 Å². The fourth-order valence-corrected chi connectivity index (χ4v) is 2.25. The molecule has 0 fully saturated rings. The van der Waals surface area contributed by atoms with E-state index in [4.69, 9.17) is 10.5 Å². The molecule has 0 radical (unpaired) electrons. The second kappa shape index (κ2) is 7.02. The molecule has 1 aromatic heterocycles. The monoisotopic (exact) mass is 293 g/mol. The van der Waals surface area contributed by atoms with Crippen LogP contribution in [-0.2, 0) is 11.3 Å². The predicted molar refractivity (Wildman–Crippen MR) is 87.1 cm³/mol. The molecule has 0 unspecified atom stereocenters. The van der Waals surface area contributed by atoms with Crippen LogP contribution in [0.5, 0.6) is 0 Å². The highest BCUT2D eigenvalue weighted by Gasteiger charge is 2.11. The Labute approximate surface area is 130 Å². The average Bonchev–Trinajstić information content (AvgIpc) is 3.07. The Bertz CT molecular complexity index is 695. The summed E-state index contributed by atoms with van der Waals surface area (Å²) in [6.45, 7) is 0.984. The second-order valence-electron chi connectivity index (χ2n) is 5.16. The number of hydrogen-bond donors (Lipinski definition) is 2. The molecular weight excluding hydrogens is 274 g/mol. The highest BCUT2D eigenvalue weighted by atomic mass is 16.5. The average molecular weight is 293 g/mol. The van der Waals surface area contributed by atoms with Crippen molar-refractivity contribution in [1.29, 1.82) is 0 Å². The van der Waals surface area contributed by atoms with Crippen molar-refractivity contribution in [3.63, 3.8) is 0 Å². The van der Waals surface area contributed by atoms with Gasteiger partial charge in [-0.25, -0.2) is 4.98 Å². The van der Waals surface area contributed by atoms with Crippen LogP contribution in [0.15, 0.2) is 66.9 Å². The van der Waals surface area contributed by atoms with Crippen molar-refractivity contribution in [1.82, 2.24) is 9.97 Å². The van der Waals surface area contributed by atoms with Gasteiger partial charge in [0.1, 0.15) is 5.82 Å². The molecule has 0 aliphatic carbocycles. The Balaban J connectivity index is 1.57. The van der Waals surface area contributed by atoms with E-state index in [1.54, 1.807) is 0 Å². The molecule has 0 saturated carbocycles. The van der Waals surface area contributed by atoms with Crippen LogP contribution < -0.4 is 5.73 Å². The lowest BCUT2D eigenvalue weighted by molar-refractivity contribution is 0.106. The van der Waals surface area contributed by atoms with Gasteiger partial charge >= 0.3 is 0 Å². The van der Waals surface area contributed by atoms with Crippen LogP contribution in [0.2, 0.25) is 0 Å². The molecule has 0 saturated heterocycles. The SMILES string of the molecule is N[C@@H](COCc1ccccc1)c1ncc(-c2ccccc2)[nH]1. The third-order valence-electron chi connectivity index (χ3n) is 3.44. The van der Waals surface area contributed by atoms with Crippen molar-refractivity contribution in [3.05, 3.63) is 78.2 Å². The van der Waals surface area contributed by atoms with Crippen molar-refractivity contribution in [2.45, 2.75) is 12.6 Å². The van der Waals surface area contributed by atoms with E-state index in [2.05, 4.69) is 9.97 Å². The molecule has 4 nitrogen and oxygen atoms in total. The van der Waals surface area contributed by atoms with Crippen molar-refractivity contribution in [3.8, 4) is 11.3 Å². The van der Waals surface area contributed by atoms with Crippen molar-refractivity contribution >= 4 is 0 Å². The zero-order valence-corrected chi connectivity index (χ0v) is 12.3. The molecule has 0 spiro atoms. The number of aromatic amines is 1. The van der Waals surface area contributed by atoms with E-state index in [0.29, 0.717) is 13.2 Å². The van der Waals surface area contributed by atoms with Crippen LogP contribution in [0.1, 0.15) is 17.4 Å². The minimum Gasteiger partial charge on any atom is -0.375 e. The minimum absolute atomic E-state index is 0.263. The van der Waals surface area contributed by atoms with Crippen LogP contribution in [0.4, 0.5) is 0 Å². The fourth-order valence-electron chi connectivity index (χ4n) is 2.25. The lowest BCUT2D eigenvalue weighted by Crippen LogP contribution is -2.18. The molecule has 3 aromatic rings. The molecule has 1 atom stereocenters. The van der Waals surface area contributed by atoms with Gasteiger partial charge in [-0.2, -0.15) is 0 Å². The Kier molecular flexibility index (Phi) is 4.63. The Morgan fingerprint density at radius 2 is 1.68 bits per heavy atom. The largest absolute Gasteiger partial charge is 0.375 e. The summed E-state index contributed by atoms with van der Waals surface area (Å²) in [4.78, 5) is 7.62. The van der Waals surface area contributed by atoms with Gasteiger partial charge in [0.2, 0.25) is 0 Å². The maximum absolute atomic E-state index is 6.13. The first-order chi connectivity index (χ1) is 10.8. The molecule has 0 aliphatic rings. The smallest absolute Gasteiger partial charge is 0.125 e. The number of H-pyrrole nitrogens is 1. The van der Waals surface area contributed by atoms with Gasteiger partial charge in [0.25, 0.3) is 0 Å². The fraction of sp³-hybridized carbons (Fsp3) is 0.167. The molecule has 0 aliphatic heterocycles. The number of rotatable bonds is 6. The van der Waals surface area contributed by atoms with Crippen LogP contribution in [0.3, 0.4) is 0 Å². The first kappa shape index (κ1) is 14.5. The zero-order chi connectivity index (χ0) is 15.2. The number of aromatic nitrogens is 2. The van der Waals surface area contributed by atoms with Gasteiger partial charge in [-0.15, -0.1) is 0 Å². The van der Waals surface area contributed by atoms with Crippen LogP contribution in [-0.4, -0.2) is 16.6 Å². The predicted octanol–water partition coefficient (Wildman–Crippen LogP) is 3.29. The minimum atomic E-state index is -0.263. The summed E-state index contributed by atoms with van der Waals surface area (Å²) in [7, 11) is 0. The summed E-state index contributed by atoms with van der Waals surface area (Å²) in [5.41, 5.74) is 9.33. The highest BCUT2D eigenvalue weighted by Crippen LogP contribution is 2.18. The third-order valence-corrected chi connectivity index (χ3v) is 3.44. The van der Waals surface area contributed by atoms with Crippen molar-refractivity contribution in [2.24, 2.45) is 5.73 Å². The molecule has 0 amide bonds. The summed E-state index contributed by atoms with van der Waals surface area (Å²) >= 11 is 0. The van der Waals surface area contributed by atoms with E-state index < -0.39 is 0 Å². The summed E-state index contributed by atoms with van der Waals surface area (Å²) in [6.07, 6.45) is 1.81. The molecule has 112 valence electrons. The number of hydrogen-bond acceptors (Lipinski definition) is 3. The Morgan fingerprint density at radius 1 is 1.00 bits per heavy atom. The van der Waals surface area contributed by atoms with Gasteiger partial charge in [0, 0.05) is 0 Å². The van der Waals surface area contributed by atoms with Crippen molar-refractivity contribution < 1.29 is 4.74 Å². The van der Waals surface area contributed by atoms with Gasteiger partial charge in [0.05, 0.1) is 31.1 Å².